The van der Waals surface area contributed by atoms with Crippen molar-refractivity contribution in [1.29, 1.82) is 0 Å². The summed E-state index contributed by atoms with van der Waals surface area (Å²) in [5.74, 6) is 0.253. The molecular weight excluding hydrogens is 286 g/mol. The van der Waals surface area contributed by atoms with Crippen LogP contribution in [0.3, 0.4) is 0 Å². The van der Waals surface area contributed by atoms with Gasteiger partial charge in [-0.2, -0.15) is 0 Å². The number of phenolic OH excluding ortho intramolecular Hbond substituents is 1. The van der Waals surface area contributed by atoms with Gasteiger partial charge in [0.25, 0.3) is 5.91 Å². The van der Waals surface area contributed by atoms with Crippen LogP contribution in [0.2, 0.25) is 0 Å². The Labute approximate surface area is 109 Å². The van der Waals surface area contributed by atoms with Gasteiger partial charge in [-0.3, -0.25) is 4.79 Å². The molecule has 1 aromatic carbocycles. The van der Waals surface area contributed by atoms with Gasteiger partial charge in [-0.1, -0.05) is 15.9 Å². The maximum absolute atomic E-state index is 12.1. The summed E-state index contributed by atoms with van der Waals surface area (Å²) in [6.07, 6.45) is 0. The number of nitrogens with zero attached hydrogens (tertiary/aromatic N) is 1. The summed E-state index contributed by atoms with van der Waals surface area (Å²) in [5.41, 5.74) is 0.464. The quantitative estimate of drug-likeness (QED) is 0.849. The first-order chi connectivity index (χ1) is 8.13. The Morgan fingerprint density at radius 3 is 2.71 bits per heavy atom. The van der Waals surface area contributed by atoms with Gasteiger partial charge in [-0.15, -0.1) is 0 Å². The SMILES string of the molecule is CCN(CCBr)C(=O)c1ccc(OC)c(O)c1. The summed E-state index contributed by atoms with van der Waals surface area (Å²) in [4.78, 5) is 13.8. The number of methoxy groups -OCH3 is 1. The van der Waals surface area contributed by atoms with Crippen molar-refractivity contribution in [3.05, 3.63) is 23.8 Å². The molecule has 94 valence electrons. The number of benzene rings is 1. The van der Waals surface area contributed by atoms with Crippen LogP contribution in [0.5, 0.6) is 11.5 Å². The number of hydrogen-bond acceptors (Lipinski definition) is 3. The predicted octanol–water partition coefficient (Wildman–Crippen LogP) is 2.26. The van der Waals surface area contributed by atoms with Crippen LogP contribution in [-0.2, 0) is 0 Å². The molecule has 0 aliphatic carbocycles. The van der Waals surface area contributed by atoms with Crippen molar-refractivity contribution in [2.75, 3.05) is 25.5 Å². The molecule has 5 heteroatoms. The lowest BCUT2D eigenvalue weighted by Gasteiger charge is -2.19. The lowest BCUT2D eigenvalue weighted by Crippen LogP contribution is -2.32. The van der Waals surface area contributed by atoms with Gasteiger partial charge >= 0.3 is 0 Å². The highest BCUT2D eigenvalue weighted by Crippen LogP contribution is 2.26. The molecule has 0 atom stereocenters. The zero-order valence-electron chi connectivity index (χ0n) is 9.94. The van der Waals surface area contributed by atoms with Crippen LogP contribution < -0.4 is 4.74 Å². The zero-order valence-corrected chi connectivity index (χ0v) is 11.5. The number of carbonyl (C=O) groups is 1. The van der Waals surface area contributed by atoms with E-state index in [0.717, 1.165) is 5.33 Å². The average Bonchev–Trinajstić information content (AvgIpc) is 2.35. The summed E-state index contributed by atoms with van der Waals surface area (Å²) in [6.45, 7) is 3.20. The molecule has 0 heterocycles. The van der Waals surface area contributed by atoms with Crippen molar-refractivity contribution in [2.24, 2.45) is 0 Å². The van der Waals surface area contributed by atoms with Crippen LogP contribution in [0.25, 0.3) is 0 Å². The molecule has 4 nitrogen and oxygen atoms in total. The van der Waals surface area contributed by atoms with Crippen molar-refractivity contribution in [1.82, 2.24) is 4.90 Å². The third-order valence-corrected chi connectivity index (χ3v) is 2.80. The standard InChI is InChI=1S/C12H16BrNO3/c1-3-14(7-6-13)12(16)9-4-5-11(17-2)10(15)8-9/h4-5,8,15H,3,6-7H2,1-2H3. The van der Waals surface area contributed by atoms with E-state index in [0.29, 0.717) is 24.4 Å². The fraction of sp³-hybridized carbons (Fsp3) is 0.417. The van der Waals surface area contributed by atoms with Crippen molar-refractivity contribution in [3.8, 4) is 11.5 Å². The van der Waals surface area contributed by atoms with Crippen LogP contribution in [0.1, 0.15) is 17.3 Å². The smallest absolute Gasteiger partial charge is 0.254 e. The third kappa shape index (κ3) is 3.36. The highest BCUT2D eigenvalue weighted by atomic mass is 79.9. The van der Waals surface area contributed by atoms with Crippen LogP contribution in [-0.4, -0.2) is 41.4 Å². The zero-order chi connectivity index (χ0) is 12.8. The van der Waals surface area contributed by atoms with Crippen molar-refractivity contribution >= 4 is 21.8 Å². The van der Waals surface area contributed by atoms with E-state index in [-0.39, 0.29) is 11.7 Å². The Balaban J connectivity index is 2.92. The van der Waals surface area contributed by atoms with Crippen LogP contribution >= 0.6 is 15.9 Å². The van der Waals surface area contributed by atoms with Gasteiger partial charge in [0, 0.05) is 24.0 Å². The fourth-order valence-electron chi connectivity index (χ4n) is 1.51. The molecule has 1 amide bonds. The molecular formula is C12H16BrNO3. The minimum Gasteiger partial charge on any atom is -0.504 e. The van der Waals surface area contributed by atoms with Crippen LogP contribution in [0, 0.1) is 0 Å². The highest BCUT2D eigenvalue weighted by Gasteiger charge is 2.15. The number of phenols is 1. The number of ether oxygens (including phenoxy) is 1. The van der Waals surface area contributed by atoms with E-state index in [4.69, 9.17) is 4.74 Å². The normalized spacial score (nSPS) is 10.1. The first-order valence-electron chi connectivity index (χ1n) is 5.36. The van der Waals surface area contributed by atoms with Gasteiger partial charge in [0.05, 0.1) is 7.11 Å². The molecule has 0 saturated carbocycles. The number of hydrogen-bond donors (Lipinski definition) is 1. The molecule has 0 unspecified atom stereocenters. The Morgan fingerprint density at radius 2 is 2.24 bits per heavy atom. The van der Waals surface area contributed by atoms with E-state index in [9.17, 15) is 9.90 Å². The first-order valence-corrected chi connectivity index (χ1v) is 6.48. The molecule has 0 aliphatic heterocycles. The number of carbonyl (C=O) groups excluding carboxylic acids is 1. The molecule has 0 fully saturated rings. The Hall–Kier alpha value is -1.23. The Morgan fingerprint density at radius 1 is 1.53 bits per heavy atom. The fourth-order valence-corrected chi connectivity index (χ4v) is 1.94. The lowest BCUT2D eigenvalue weighted by atomic mass is 10.1. The molecule has 0 radical (unpaired) electrons. The van der Waals surface area contributed by atoms with Gasteiger partial charge in [0.2, 0.25) is 0 Å². The summed E-state index contributed by atoms with van der Waals surface area (Å²) in [5, 5.41) is 10.4. The van der Waals surface area contributed by atoms with E-state index < -0.39 is 0 Å². The molecule has 0 saturated heterocycles. The van der Waals surface area contributed by atoms with E-state index in [1.807, 2.05) is 6.92 Å². The minimum absolute atomic E-state index is 0.0201. The second-order valence-electron chi connectivity index (χ2n) is 3.46. The maximum atomic E-state index is 12.1. The summed E-state index contributed by atoms with van der Waals surface area (Å²) < 4.78 is 4.93. The largest absolute Gasteiger partial charge is 0.504 e. The monoisotopic (exact) mass is 301 g/mol. The second kappa shape index (κ2) is 6.49. The predicted molar refractivity (Wildman–Crippen MR) is 70.0 cm³/mol. The number of amides is 1. The third-order valence-electron chi connectivity index (χ3n) is 2.45. The second-order valence-corrected chi connectivity index (χ2v) is 4.25. The summed E-state index contributed by atoms with van der Waals surface area (Å²) >= 11 is 3.31. The molecule has 0 bridgehead atoms. The maximum Gasteiger partial charge on any atom is 0.254 e. The van der Waals surface area contributed by atoms with Gasteiger partial charge in [0.15, 0.2) is 11.5 Å². The van der Waals surface area contributed by atoms with Gasteiger partial charge in [-0.25, -0.2) is 0 Å². The van der Waals surface area contributed by atoms with E-state index >= 15 is 0 Å². The Kier molecular flexibility index (Phi) is 5.28. The van der Waals surface area contributed by atoms with E-state index in [2.05, 4.69) is 15.9 Å². The highest BCUT2D eigenvalue weighted by molar-refractivity contribution is 9.09. The number of aromatic hydroxyl groups is 1. The van der Waals surface area contributed by atoms with Gasteiger partial charge in [0.1, 0.15) is 0 Å². The number of halogens is 1. The molecule has 0 aromatic heterocycles. The van der Waals surface area contributed by atoms with Gasteiger partial charge in [-0.05, 0) is 25.1 Å². The minimum atomic E-state index is -0.0927. The molecule has 0 spiro atoms. The van der Waals surface area contributed by atoms with Crippen LogP contribution in [0.4, 0.5) is 0 Å². The molecule has 0 aliphatic rings. The summed E-state index contributed by atoms with van der Waals surface area (Å²) in [6, 6.07) is 4.67. The van der Waals surface area contributed by atoms with Crippen molar-refractivity contribution in [2.45, 2.75) is 6.92 Å². The van der Waals surface area contributed by atoms with Gasteiger partial charge < -0.3 is 14.7 Å². The lowest BCUT2D eigenvalue weighted by molar-refractivity contribution is 0.0774. The van der Waals surface area contributed by atoms with E-state index in [1.54, 1.807) is 17.0 Å². The Bertz CT molecular complexity index is 395. The molecule has 1 aromatic rings. The molecule has 17 heavy (non-hydrogen) atoms. The van der Waals surface area contributed by atoms with Crippen molar-refractivity contribution < 1.29 is 14.6 Å². The number of rotatable bonds is 5. The molecule has 1 rings (SSSR count). The van der Waals surface area contributed by atoms with Crippen LogP contribution in [0.15, 0.2) is 18.2 Å². The average molecular weight is 302 g/mol. The molecule has 1 N–H and O–H groups in total. The van der Waals surface area contributed by atoms with Crippen molar-refractivity contribution in [3.63, 3.8) is 0 Å². The summed E-state index contributed by atoms with van der Waals surface area (Å²) in [7, 11) is 1.47. The first kappa shape index (κ1) is 13.8. The number of alkyl halides is 1. The topological polar surface area (TPSA) is 49.8 Å². The van der Waals surface area contributed by atoms with E-state index in [1.165, 1.54) is 13.2 Å².